The molecule has 36 heavy (non-hydrogen) atoms. The molecule has 0 spiro atoms. The van der Waals surface area contributed by atoms with E-state index in [2.05, 4.69) is 4.72 Å². The Morgan fingerprint density at radius 3 is 2.53 bits per heavy atom. The molecule has 3 saturated heterocycles. The number of nitrogens with zero attached hydrogens (tertiary/aromatic N) is 2. The van der Waals surface area contributed by atoms with Gasteiger partial charge in [0, 0.05) is 6.54 Å². The molecule has 5 rings (SSSR count). The lowest BCUT2D eigenvalue weighted by atomic mass is 9.71. The third kappa shape index (κ3) is 3.78. The first-order valence-corrected chi connectivity index (χ1v) is 12.7. The molecule has 3 aliphatic heterocycles. The Kier molecular flexibility index (Phi) is 5.70. The van der Waals surface area contributed by atoms with Crippen molar-refractivity contribution in [1.29, 1.82) is 5.26 Å². The van der Waals surface area contributed by atoms with Crippen LogP contribution in [0, 0.1) is 23.2 Å². The van der Waals surface area contributed by atoms with E-state index in [1.807, 2.05) is 0 Å². The fourth-order valence-corrected chi connectivity index (χ4v) is 6.64. The molecule has 2 bridgehead atoms. The molecule has 2 unspecified atom stereocenters. The first kappa shape index (κ1) is 24.4. The maximum absolute atomic E-state index is 13.5. The van der Waals surface area contributed by atoms with E-state index in [9.17, 15) is 31.2 Å². The number of hydrogen-bond acceptors (Lipinski definition) is 6. The van der Waals surface area contributed by atoms with Crippen LogP contribution < -0.4 is 9.62 Å². The number of carbonyl (C=O) groups is 2. The number of hydrogen-bond donors (Lipinski definition) is 1. The largest absolute Gasteiger partial charge is 0.417 e. The van der Waals surface area contributed by atoms with E-state index >= 15 is 0 Å². The van der Waals surface area contributed by atoms with E-state index in [0.29, 0.717) is 18.9 Å². The van der Waals surface area contributed by atoms with Gasteiger partial charge in [-0.05, 0) is 49.6 Å². The van der Waals surface area contributed by atoms with Gasteiger partial charge in [-0.15, -0.1) is 0 Å². The van der Waals surface area contributed by atoms with Gasteiger partial charge in [-0.1, -0.05) is 18.2 Å². The molecule has 12 heteroatoms. The highest BCUT2D eigenvalue weighted by Gasteiger charge is 2.69. The maximum Gasteiger partial charge on any atom is 0.417 e. The second-order valence-electron chi connectivity index (χ2n) is 9.08. The summed E-state index contributed by atoms with van der Waals surface area (Å²) in [5.74, 6) is -3.13. The van der Waals surface area contributed by atoms with Crippen molar-refractivity contribution in [2.24, 2.45) is 11.8 Å². The lowest BCUT2D eigenvalue weighted by molar-refractivity contribution is -0.138. The Bertz CT molecular complexity index is 1390. The van der Waals surface area contributed by atoms with Crippen molar-refractivity contribution in [2.45, 2.75) is 42.0 Å². The van der Waals surface area contributed by atoms with Crippen LogP contribution in [0.2, 0.25) is 0 Å². The number of anilines is 1. The van der Waals surface area contributed by atoms with E-state index in [-0.39, 0.29) is 23.5 Å². The van der Waals surface area contributed by atoms with E-state index in [1.54, 1.807) is 18.2 Å². The summed E-state index contributed by atoms with van der Waals surface area (Å²) in [5.41, 5.74) is -3.21. The second kappa shape index (κ2) is 8.40. The molecule has 2 amide bonds. The highest BCUT2D eigenvalue weighted by Crippen LogP contribution is 2.57. The molecule has 2 aromatic carbocycles. The number of ether oxygens (including phenoxy) is 1. The van der Waals surface area contributed by atoms with Gasteiger partial charge in [-0.2, -0.15) is 18.4 Å². The van der Waals surface area contributed by atoms with Crippen molar-refractivity contribution in [2.75, 3.05) is 11.4 Å². The SMILES string of the molecule is N#Cc1ccc(N2C(=O)[C@H]3C4CCC(CCNS(=O)(=O)c5ccccc5)(O4)[C@H]3C2=O)cc1C(F)(F)F. The third-order valence-corrected chi connectivity index (χ3v) is 8.61. The summed E-state index contributed by atoms with van der Waals surface area (Å²) in [6.45, 7) is -0.0519. The summed E-state index contributed by atoms with van der Waals surface area (Å²) in [6.07, 6.45) is -4.42. The van der Waals surface area contributed by atoms with Crippen molar-refractivity contribution in [3.8, 4) is 6.07 Å². The normalized spacial score (nSPS) is 27.4. The van der Waals surface area contributed by atoms with Gasteiger partial charge < -0.3 is 4.74 Å². The quantitative estimate of drug-likeness (QED) is 0.587. The van der Waals surface area contributed by atoms with Gasteiger partial charge >= 0.3 is 6.18 Å². The minimum Gasteiger partial charge on any atom is -0.370 e. The van der Waals surface area contributed by atoms with E-state index in [1.165, 1.54) is 18.2 Å². The van der Waals surface area contributed by atoms with Crippen LogP contribution in [0.3, 0.4) is 0 Å². The molecule has 3 aliphatic rings. The fourth-order valence-electron chi connectivity index (χ4n) is 5.58. The molecule has 8 nitrogen and oxygen atoms in total. The average Bonchev–Trinajstić information content (AvgIpc) is 3.48. The zero-order valence-electron chi connectivity index (χ0n) is 18.7. The number of benzene rings is 2. The van der Waals surface area contributed by atoms with Gasteiger partial charge in [0.1, 0.15) is 0 Å². The van der Waals surface area contributed by atoms with Crippen molar-refractivity contribution < 1.29 is 35.9 Å². The van der Waals surface area contributed by atoms with Crippen LogP contribution in [0.4, 0.5) is 18.9 Å². The molecular weight excluding hydrogens is 499 g/mol. The molecule has 0 aromatic heterocycles. The Morgan fingerprint density at radius 1 is 1.14 bits per heavy atom. The summed E-state index contributed by atoms with van der Waals surface area (Å²) < 4.78 is 74.1. The molecule has 0 aliphatic carbocycles. The van der Waals surface area contributed by atoms with Gasteiger partial charge in [0.15, 0.2) is 0 Å². The number of amides is 2. The van der Waals surface area contributed by atoms with E-state index < -0.39 is 62.7 Å². The Hall–Kier alpha value is -3.27. The first-order chi connectivity index (χ1) is 17.0. The molecule has 0 radical (unpaired) electrons. The van der Waals surface area contributed by atoms with Crippen LogP contribution in [0.1, 0.15) is 30.4 Å². The summed E-state index contributed by atoms with van der Waals surface area (Å²) in [5, 5.41) is 9.03. The van der Waals surface area contributed by atoms with Crippen LogP contribution in [-0.2, 0) is 30.5 Å². The van der Waals surface area contributed by atoms with Gasteiger partial charge in [0.05, 0.1) is 51.3 Å². The maximum atomic E-state index is 13.5. The smallest absolute Gasteiger partial charge is 0.370 e. The first-order valence-electron chi connectivity index (χ1n) is 11.2. The van der Waals surface area contributed by atoms with E-state index in [0.717, 1.165) is 17.0 Å². The lowest BCUT2D eigenvalue weighted by Gasteiger charge is -2.31. The molecule has 0 saturated carbocycles. The lowest BCUT2D eigenvalue weighted by Crippen LogP contribution is -2.44. The third-order valence-electron chi connectivity index (χ3n) is 7.14. The van der Waals surface area contributed by atoms with Gasteiger partial charge in [-0.25, -0.2) is 18.0 Å². The van der Waals surface area contributed by atoms with Crippen molar-refractivity contribution in [1.82, 2.24) is 4.72 Å². The molecule has 1 N–H and O–H groups in total. The monoisotopic (exact) mass is 519 g/mol. The van der Waals surface area contributed by atoms with E-state index in [4.69, 9.17) is 10.00 Å². The number of fused-ring (bicyclic) bond motifs is 5. The van der Waals surface area contributed by atoms with Crippen molar-refractivity contribution in [3.63, 3.8) is 0 Å². The minimum absolute atomic E-state index is 0.0519. The zero-order chi connectivity index (χ0) is 25.9. The number of nitrogens with one attached hydrogen (secondary N) is 1. The molecule has 3 heterocycles. The fraction of sp³-hybridized carbons (Fsp3) is 0.375. The minimum atomic E-state index is -4.85. The number of halogens is 3. The average molecular weight is 520 g/mol. The Labute approximate surface area is 204 Å². The summed E-state index contributed by atoms with van der Waals surface area (Å²) in [6, 6.07) is 11.9. The van der Waals surface area contributed by atoms with Crippen LogP contribution >= 0.6 is 0 Å². The van der Waals surface area contributed by atoms with Crippen LogP contribution in [0.15, 0.2) is 53.4 Å². The van der Waals surface area contributed by atoms with Gasteiger partial charge in [-0.3, -0.25) is 9.59 Å². The topological polar surface area (TPSA) is 117 Å². The zero-order valence-corrected chi connectivity index (χ0v) is 19.5. The number of sulfonamides is 1. The predicted molar refractivity (Wildman–Crippen MR) is 119 cm³/mol. The van der Waals surface area contributed by atoms with Gasteiger partial charge in [0.2, 0.25) is 21.8 Å². The Balaban J connectivity index is 1.39. The van der Waals surface area contributed by atoms with Crippen molar-refractivity contribution >= 4 is 27.5 Å². The number of alkyl halides is 3. The van der Waals surface area contributed by atoms with Crippen LogP contribution in [-0.4, -0.2) is 38.5 Å². The molecule has 2 aromatic rings. The second-order valence-corrected chi connectivity index (χ2v) is 10.8. The summed E-state index contributed by atoms with van der Waals surface area (Å²) >= 11 is 0. The summed E-state index contributed by atoms with van der Waals surface area (Å²) in [4.78, 5) is 27.5. The molecule has 188 valence electrons. The molecule has 4 atom stereocenters. The molecule has 3 fully saturated rings. The van der Waals surface area contributed by atoms with Crippen LogP contribution in [0.5, 0.6) is 0 Å². The number of carbonyl (C=O) groups excluding carboxylic acids is 2. The standard InChI is InChI=1S/C24H20F3N3O5S/c25-24(26,27)17-12-15(7-6-14(17)13-28)30-21(31)19-18-8-9-23(35-18,20(19)22(30)32)10-11-29-36(33,34)16-4-2-1-3-5-16/h1-7,12,18-20,29H,8-11H2/t18?,19-,20+,23?/m0/s1. The number of rotatable bonds is 6. The van der Waals surface area contributed by atoms with Crippen LogP contribution in [0.25, 0.3) is 0 Å². The number of imide groups is 1. The van der Waals surface area contributed by atoms with Crippen molar-refractivity contribution in [3.05, 3.63) is 59.7 Å². The summed E-state index contributed by atoms with van der Waals surface area (Å²) in [7, 11) is -3.80. The number of nitriles is 1. The highest BCUT2D eigenvalue weighted by atomic mass is 32.2. The Morgan fingerprint density at radius 2 is 1.86 bits per heavy atom. The predicted octanol–water partition coefficient (Wildman–Crippen LogP) is 2.98. The highest BCUT2D eigenvalue weighted by molar-refractivity contribution is 7.89. The van der Waals surface area contributed by atoms with Gasteiger partial charge in [0.25, 0.3) is 0 Å². The molecular formula is C24H20F3N3O5S.